The average molecular weight is 218 g/mol. The van der Waals surface area contributed by atoms with Crippen molar-refractivity contribution in [1.82, 2.24) is 5.32 Å². The number of hydrogen-bond donors (Lipinski definition) is 4. The molecule has 7 nitrogen and oxygen atoms in total. The van der Waals surface area contributed by atoms with Crippen LogP contribution in [0.5, 0.6) is 0 Å². The van der Waals surface area contributed by atoms with Crippen LogP contribution in [0.4, 0.5) is 0 Å². The Balaban J connectivity index is 4.22. The van der Waals surface area contributed by atoms with E-state index in [0.29, 0.717) is 0 Å². The molecule has 0 aromatic carbocycles. The number of nitrogens with one attached hydrogen (secondary N) is 1. The lowest BCUT2D eigenvalue weighted by atomic mass is 10.1. The lowest BCUT2D eigenvalue weighted by Crippen LogP contribution is -2.45. The molecule has 0 saturated heterocycles. The van der Waals surface area contributed by atoms with E-state index in [4.69, 9.17) is 15.9 Å². The molecular formula is C8H14N2O5. The number of carbonyl (C=O) groups excluding carboxylic acids is 1. The molecule has 0 saturated carbocycles. The van der Waals surface area contributed by atoms with Gasteiger partial charge in [0.15, 0.2) is 0 Å². The average Bonchev–Trinajstić information content (AvgIpc) is 2.10. The molecule has 86 valence electrons. The van der Waals surface area contributed by atoms with Crippen molar-refractivity contribution in [3.05, 3.63) is 0 Å². The van der Waals surface area contributed by atoms with Crippen LogP contribution in [0.3, 0.4) is 0 Å². The van der Waals surface area contributed by atoms with Gasteiger partial charge in [-0.15, -0.1) is 0 Å². The van der Waals surface area contributed by atoms with E-state index >= 15 is 0 Å². The van der Waals surface area contributed by atoms with Gasteiger partial charge in [-0.05, 0) is 13.3 Å². The Morgan fingerprint density at radius 2 is 1.80 bits per heavy atom. The third-order valence-corrected chi connectivity index (χ3v) is 1.80. The number of aliphatic carboxylic acids is 2. The summed E-state index contributed by atoms with van der Waals surface area (Å²) in [5.41, 5.74) is 4.86. The molecule has 0 aliphatic rings. The van der Waals surface area contributed by atoms with Gasteiger partial charge in [-0.1, -0.05) is 0 Å². The predicted molar refractivity (Wildman–Crippen MR) is 50.1 cm³/mol. The third-order valence-electron chi connectivity index (χ3n) is 1.80. The quantitative estimate of drug-likeness (QED) is 0.423. The Hall–Kier alpha value is -1.63. The Morgan fingerprint density at radius 3 is 2.13 bits per heavy atom. The highest BCUT2D eigenvalue weighted by molar-refractivity contribution is 5.78. The summed E-state index contributed by atoms with van der Waals surface area (Å²) in [4.78, 5) is 31.5. The first kappa shape index (κ1) is 13.4. The molecule has 0 aliphatic heterocycles. The van der Waals surface area contributed by atoms with Crippen molar-refractivity contribution >= 4 is 17.8 Å². The molecule has 7 heteroatoms. The Morgan fingerprint density at radius 1 is 1.27 bits per heavy atom. The van der Waals surface area contributed by atoms with Gasteiger partial charge in [-0.25, -0.2) is 0 Å². The topological polar surface area (TPSA) is 130 Å². The number of hydrogen-bond acceptors (Lipinski definition) is 4. The fraction of sp³-hybridized carbons (Fsp3) is 0.625. The second-order valence-electron chi connectivity index (χ2n) is 3.12. The maximum Gasteiger partial charge on any atom is 0.320 e. The Bertz CT molecular complexity index is 266. The summed E-state index contributed by atoms with van der Waals surface area (Å²) in [5.74, 6) is -2.98. The molecule has 0 radical (unpaired) electrons. The van der Waals surface area contributed by atoms with E-state index < -0.39 is 29.9 Å². The van der Waals surface area contributed by atoms with E-state index in [1.54, 1.807) is 0 Å². The summed E-state index contributed by atoms with van der Waals surface area (Å²) in [6.45, 7) is 1.32. The zero-order chi connectivity index (χ0) is 12.0. The predicted octanol–water partition coefficient (Wildman–Crippen LogP) is -1.23. The summed E-state index contributed by atoms with van der Waals surface area (Å²) in [7, 11) is 0. The van der Waals surface area contributed by atoms with Crippen LogP contribution >= 0.6 is 0 Å². The monoisotopic (exact) mass is 218 g/mol. The molecule has 5 N–H and O–H groups in total. The highest BCUT2D eigenvalue weighted by Gasteiger charge is 2.22. The molecule has 0 aromatic rings. The van der Waals surface area contributed by atoms with E-state index in [0.717, 1.165) is 0 Å². The number of nitrogens with two attached hydrogens (primary N) is 1. The summed E-state index contributed by atoms with van der Waals surface area (Å²) >= 11 is 0. The fourth-order valence-electron chi connectivity index (χ4n) is 0.938. The molecule has 0 fully saturated rings. The van der Waals surface area contributed by atoms with Crippen molar-refractivity contribution in [2.75, 3.05) is 0 Å². The molecule has 15 heavy (non-hydrogen) atoms. The first-order valence-corrected chi connectivity index (χ1v) is 4.34. The van der Waals surface area contributed by atoms with Gasteiger partial charge in [-0.3, -0.25) is 19.7 Å². The maximum atomic E-state index is 10.7. The number of primary amides is 1. The normalized spacial score (nSPS) is 14.2. The van der Waals surface area contributed by atoms with Gasteiger partial charge >= 0.3 is 11.9 Å². The molecule has 1 amide bonds. The van der Waals surface area contributed by atoms with Gasteiger partial charge < -0.3 is 15.9 Å². The molecule has 0 aromatic heterocycles. The molecule has 0 spiro atoms. The summed E-state index contributed by atoms with van der Waals surface area (Å²) in [6.07, 6.45) is -0.126. The lowest BCUT2D eigenvalue weighted by molar-refractivity contribution is -0.142. The largest absolute Gasteiger partial charge is 0.480 e. The zero-order valence-electron chi connectivity index (χ0n) is 8.27. The van der Waals surface area contributed by atoms with E-state index in [9.17, 15) is 14.4 Å². The summed E-state index contributed by atoms with van der Waals surface area (Å²) in [5, 5.41) is 19.6. The lowest BCUT2D eigenvalue weighted by Gasteiger charge is -2.16. The molecule has 0 heterocycles. The van der Waals surface area contributed by atoms with Gasteiger partial charge in [0.2, 0.25) is 5.91 Å². The Kier molecular flexibility index (Phi) is 5.32. The van der Waals surface area contributed by atoms with Gasteiger partial charge in [-0.2, -0.15) is 0 Å². The molecule has 0 unspecified atom stereocenters. The second kappa shape index (κ2) is 5.97. The first-order valence-electron chi connectivity index (χ1n) is 4.34. The van der Waals surface area contributed by atoms with Crippen molar-refractivity contribution in [3.8, 4) is 0 Å². The molecule has 0 aliphatic carbocycles. The standard InChI is InChI=1S/C8H14N2O5/c1-4(7(12)13)10-5(8(14)15)2-3-6(9)11/h4-5,10H,2-3H2,1H3,(H2,9,11)(H,12,13)(H,14,15)/t4-,5+/m1/s1. The van der Waals surface area contributed by atoms with Crippen molar-refractivity contribution < 1.29 is 24.6 Å². The number of carboxylic acids is 2. The zero-order valence-corrected chi connectivity index (χ0v) is 8.27. The van der Waals surface area contributed by atoms with Crippen LogP contribution in [0, 0.1) is 0 Å². The summed E-state index contributed by atoms with van der Waals surface area (Å²) < 4.78 is 0. The SMILES string of the molecule is C[C@@H](N[C@@H](CCC(N)=O)C(=O)O)C(=O)O. The number of amides is 1. The van der Waals surface area contributed by atoms with E-state index in [1.165, 1.54) is 6.92 Å². The number of carboxylic acid groups (broad SMARTS) is 2. The van der Waals surface area contributed by atoms with E-state index in [2.05, 4.69) is 5.32 Å². The van der Waals surface area contributed by atoms with Crippen LogP contribution in [-0.2, 0) is 14.4 Å². The van der Waals surface area contributed by atoms with Crippen LogP contribution in [-0.4, -0.2) is 40.1 Å². The van der Waals surface area contributed by atoms with E-state index in [-0.39, 0.29) is 12.8 Å². The molecule has 0 rings (SSSR count). The minimum atomic E-state index is -1.20. The van der Waals surface area contributed by atoms with Crippen molar-refractivity contribution in [2.45, 2.75) is 31.8 Å². The van der Waals surface area contributed by atoms with Gasteiger partial charge in [0.05, 0.1) is 0 Å². The van der Waals surface area contributed by atoms with Crippen molar-refractivity contribution in [1.29, 1.82) is 0 Å². The smallest absolute Gasteiger partial charge is 0.320 e. The third kappa shape index (κ3) is 5.63. The molecular weight excluding hydrogens is 204 g/mol. The highest BCUT2D eigenvalue weighted by Crippen LogP contribution is 1.99. The van der Waals surface area contributed by atoms with Crippen LogP contribution in [0.2, 0.25) is 0 Å². The number of rotatable bonds is 7. The molecule has 0 bridgehead atoms. The van der Waals surface area contributed by atoms with Gasteiger partial charge in [0.1, 0.15) is 12.1 Å². The fourth-order valence-corrected chi connectivity index (χ4v) is 0.938. The number of carbonyl (C=O) groups is 3. The minimum Gasteiger partial charge on any atom is -0.480 e. The van der Waals surface area contributed by atoms with Gasteiger partial charge in [0.25, 0.3) is 0 Å². The van der Waals surface area contributed by atoms with Crippen LogP contribution in [0.25, 0.3) is 0 Å². The van der Waals surface area contributed by atoms with Crippen LogP contribution < -0.4 is 11.1 Å². The minimum absolute atomic E-state index is 0.0255. The second-order valence-corrected chi connectivity index (χ2v) is 3.12. The molecule has 2 atom stereocenters. The van der Waals surface area contributed by atoms with Crippen molar-refractivity contribution in [3.63, 3.8) is 0 Å². The first-order chi connectivity index (χ1) is 6.84. The van der Waals surface area contributed by atoms with Crippen molar-refractivity contribution in [2.24, 2.45) is 5.73 Å². The van der Waals surface area contributed by atoms with Gasteiger partial charge in [0, 0.05) is 6.42 Å². The van der Waals surface area contributed by atoms with E-state index in [1.807, 2.05) is 0 Å². The highest BCUT2D eigenvalue weighted by atomic mass is 16.4. The van der Waals surface area contributed by atoms with Crippen LogP contribution in [0.15, 0.2) is 0 Å². The van der Waals surface area contributed by atoms with Crippen LogP contribution in [0.1, 0.15) is 19.8 Å². The summed E-state index contributed by atoms with van der Waals surface area (Å²) in [6, 6.07) is -2.07. The Labute approximate surface area is 86.3 Å². The maximum absolute atomic E-state index is 10.7.